The molecule has 2 aromatic rings. The Bertz CT molecular complexity index is 823. The van der Waals surface area contributed by atoms with Crippen LogP contribution in [0.2, 0.25) is 0 Å². The second-order valence-electron chi connectivity index (χ2n) is 7.29. The van der Waals surface area contributed by atoms with Crippen molar-refractivity contribution < 1.29 is 9.59 Å². The Morgan fingerprint density at radius 2 is 2.22 bits per heavy atom. The molecule has 6 nitrogen and oxygen atoms in total. The Morgan fingerprint density at radius 1 is 1.33 bits per heavy atom. The van der Waals surface area contributed by atoms with Gasteiger partial charge in [-0.1, -0.05) is 6.07 Å². The lowest BCUT2D eigenvalue weighted by molar-refractivity contribution is -0.140. The van der Waals surface area contributed by atoms with Crippen LogP contribution in [0.4, 0.5) is 5.82 Å². The topological polar surface area (TPSA) is 79.5 Å². The third-order valence-electron chi connectivity index (χ3n) is 5.64. The molecule has 2 N–H and O–H groups in total. The van der Waals surface area contributed by atoms with E-state index in [-0.39, 0.29) is 17.9 Å². The summed E-state index contributed by atoms with van der Waals surface area (Å²) in [6.07, 6.45) is 4.76. The molecular formula is C20H24N4O2S. The van der Waals surface area contributed by atoms with Crippen molar-refractivity contribution in [2.45, 2.75) is 31.7 Å². The molecule has 142 valence electrons. The number of likely N-dealkylation sites (tertiary alicyclic amines) is 2. The highest BCUT2D eigenvalue weighted by Crippen LogP contribution is 2.32. The summed E-state index contributed by atoms with van der Waals surface area (Å²) in [5.74, 6) is 0.973. The minimum Gasteiger partial charge on any atom is -0.384 e. The van der Waals surface area contributed by atoms with Crippen molar-refractivity contribution in [1.29, 1.82) is 0 Å². The van der Waals surface area contributed by atoms with Gasteiger partial charge in [0, 0.05) is 48.7 Å². The van der Waals surface area contributed by atoms with Gasteiger partial charge in [-0.3, -0.25) is 9.59 Å². The van der Waals surface area contributed by atoms with Crippen molar-refractivity contribution in [2.75, 3.05) is 25.4 Å². The Morgan fingerprint density at radius 3 is 3.00 bits per heavy atom. The van der Waals surface area contributed by atoms with E-state index < -0.39 is 0 Å². The molecule has 27 heavy (non-hydrogen) atoms. The fourth-order valence-electron chi connectivity index (χ4n) is 4.28. The number of hydrogen-bond acceptors (Lipinski definition) is 5. The molecular weight excluding hydrogens is 360 g/mol. The lowest BCUT2D eigenvalue weighted by Crippen LogP contribution is -2.57. The number of carbonyl (C=O) groups is 2. The van der Waals surface area contributed by atoms with Gasteiger partial charge in [-0.2, -0.15) is 0 Å². The number of thiophene rings is 1. The van der Waals surface area contributed by atoms with Crippen LogP contribution in [0.1, 0.15) is 34.5 Å². The number of anilines is 1. The summed E-state index contributed by atoms with van der Waals surface area (Å²) >= 11 is 1.74. The first-order chi connectivity index (χ1) is 13.1. The lowest BCUT2D eigenvalue weighted by Gasteiger charge is -2.47. The van der Waals surface area contributed by atoms with Gasteiger partial charge in [-0.05, 0) is 48.8 Å². The van der Waals surface area contributed by atoms with Crippen LogP contribution in [0.3, 0.4) is 0 Å². The van der Waals surface area contributed by atoms with Crippen LogP contribution < -0.4 is 5.73 Å². The van der Waals surface area contributed by atoms with Crippen molar-refractivity contribution in [2.24, 2.45) is 5.92 Å². The second-order valence-corrected chi connectivity index (χ2v) is 8.32. The Hall–Kier alpha value is -2.41. The first-order valence-corrected chi connectivity index (χ1v) is 10.3. The average molecular weight is 385 g/mol. The fraction of sp³-hybridized carbons (Fsp3) is 0.450. The SMILES string of the molecule is Nc1cc(C(=O)N2CC[C@@H]3[C@@H](CCC(=O)N3CCc3cccs3)C2)ccn1. The number of nitrogens with two attached hydrogens (primary N) is 1. The Labute approximate surface area is 163 Å². The molecule has 0 aromatic carbocycles. The van der Waals surface area contributed by atoms with Crippen LogP contribution in [0.25, 0.3) is 0 Å². The smallest absolute Gasteiger partial charge is 0.254 e. The largest absolute Gasteiger partial charge is 0.384 e. The molecule has 2 aromatic heterocycles. The van der Waals surface area contributed by atoms with Crippen LogP contribution in [0.5, 0.6) is 0 Å². The number of rotatable bonds is 4. The van der Waals surface area contributed by atoms with Gasteiger partial charge in [-0.25, -0.2) is 4.98 Å². The van der Waals surface area contributed by atoms with Gasteiger partial charge in [0.05, 0.1) is 0 Å². The molecule has 0 spiro atoms. The minimum atomic E-state index is 0.00425. The van der Waals surface area contributed by atoms with E-state index in [0.717, 1.165) is 25.8 Å². The van der Waals surface area contributed by atoms with Gasteiger partial charge in [-0.15, -0.1) is 11.3 Å². The maximum absolute atomic E-state index is 12.8. The number of hydrogen-bond donors (Lipinski definition) is 1. The molecule has 0 bridgehead atoms. The molecule has 4 rings (SSSR count). The van der Waals surface area contributed by atoms with E-state index in [2.05, 4.69) is 27.4 Å². The fourth-order valence-corrected chi connectivity index (χ4v) is 4.97. The highest BCUT2D eigenvalue weighted by atomic mass is 32.1. The number of nitrogens with zero attached hydrogens (tertiary/aromatic N) is 3. The summed E-state index contributed by atoms with van der Waals surface area (Å²) in [4.78, 5) is 34.6. The number of carbonyl (C=O) groups excluding carboxylic acids is 2. The number of fused-ring (bicyclic) bond motifs is 1. The molecule has 4 heterocycles. The average Bonchev–Trinajstić information content (AvgIpc) is 3.20. The van der Waals surface area contributed by atoms with Crippen LogP contribution in [0.15, 0.2) is 35.8 Å². The van der Waals surface area contributed by atoms with E-state index in [1.165, 1.54) is 4.88 Å². The first kappa shape index (κ1) is 18.0. The molecule has 0 radical (unpaired) electrons. The van der Waals surface area contributed by atoms with E-state index >= 15 is 0 Å². The normalized spacial score (nSPS) is 22.6. The summed E-state index contributed by atoms with van der Waals surface area (Å²) in [5, 5.41) is 2.08. The van der Waals surface area contributed by atoms with Crippen molar-refractivity contribution in [3.8, 4) is 0 Å². The second kappa shape index (κ2) is 7.68. The Balaban J connectivity index is 1.42. The monoisotopic (exact) mass is 384 g/mol. The zero-order valence-corrected chi connectivity index (χ0v) is 16.0. The molecule has 2 aliphatic heterocycles. The predicted molar refractivity (Wildman–Crippen MR) is 105 cm³/mol. The number of pyridine rings is 1. The van der Waals surface area contributed by atoms with Gasteiger partial charge < -0.3 is 15.5 Å². The third-order valence-corrected chi connectivity index (χ3v) is 6.57. The number of aromatic nitrogens is 1. The van der Waals surface area contributed by atoms with E-state index in [4.69, 9.17) is 5.73 Å². The maximum atomic E-state index is 12.8. The highest BCUT2D eigenvalue weighted by molar-refractivity contribution is 7.09. The van der Waals surface area contributed by atoms with Crippen LogP contribution >= 0.6 is 11.3 Å². The lowest BCUT2D eigenvalue weighted by atomic mass is 9.83. The van der Waals surface area contributed by atoms with Crippen molar-refractivity contribution in [3.63, 3.8) is 0 Å². The van der Waals surface area contributed by atoms with Gasteiger partial charge in [0.25, 0.3) is 5.91 Å². The summed E-state index contributed by atoms with van der Waals surface area (Å²) in [6, 6.07) is 7.77. The van der Waals surface area contributed by atoms with Crippen molar-refractivity contribution in [1.82, 2.24) is 14.8 Å². The van der Waals surface area contributed by atoms with E-state index in [1.54, 1.807) is 29.7 Å². The highest BCUT2D eigenvalue weighted by Gasteiger charge is 2.40. The van der Waals surface area contributed by atoms with E-state index in [9.17, 15) is 9.59 Å². The maximum Gasteiger partial charge on any atom is 0.254 e. The van der Waals surface area contributed by atoms with Crippen LogP contribution in [0, 0.1) is 5.92 Å². The molecule has 7 heteroatoms. The quantitative estimate of drug-likeness (QED) is 0.878. The molecule has 2 amide bonds. The zero-order valence-electron chi connectivity index (χ0n) is 15.2. The summed E-state index contributed by atoms with van der Waals surface area (Å²) in [7, 11) is 0. The molecule has 2 saturated heterocycles. The molecule has 2 atom stereocenters. The number of piperidine rings is 2. The van der Waals surface area contributed by atoms with Gasteiger partial charge in [0.15, 0.2) is 0 Å². The predicted octanol–water partition coefficient (Wildman–Crippen LogP) is 2.42. The molecule has 0 saturated carbocycles. The van der Waals surface area contributed by atoms with Crippen LogP contribution in [-0.2, 0) is 11.2 Å². The van der Waals surface area contributed by atoms with E-state index in [1.807, 2.05) is 4.90 Å². The summed E-state index contributed by atoms with van der Waals surface area (Å²) in [6.45, 7) is 2.15. The van der Waals surface area contributed by atoms with Crippen LogP contribution in [-0.4, -0.2) is 52.3 Å². The standard InChI is InChI=1S/C20H24N4O2S/c21-18-12-14(5-8-22-18)20(26)23-9-7-17-15(13-23)3-4-19(25)24(17)10-6-16-2-1-11-27-16/h1-2,5,8,11-12,15,17H,3-4,6-7,9-10,13H2,(H2,21,22)/t15-,17+/m0/s1. The van der Waals surface area contributed by atoms with E-state index in [0.29, 0.717) is 36.8 Å². The Kier molecular flexibility index (Phi) is 5.11. The van der Waals surface area contributed by atoms with Gasteiger partial charge in [0.2, 0.25) is 5.91 Å². The molecule has 2 fully saturated rings. The first-order valence-electron chi connectivity index (χ1n) is 9.44. The zero-order chi connectivity index (χ0) is 18.8. The van der Waals surface area contributed by atoms with Gasteiger partial charge in [0.1, 0.15) is 5.82 Å². The van der Waals surface area contributed by atoms with Gasteiger partial charge >= 0.3 is 0 Å². The summed E-state index contributed by atoms with van der Waals surface area (Å²) < 4.78 is 0. The van der Waals surface area contributed by atoms with Crippen molar-refractivity contribution in [3.05, 3.63) is 46.3 Å². The van der Waals surface area contributed by atoms with Crippen molar-refractivity contribution >= 4 is 29.0 Å². The molecule has 0 unspecified atom stereocenters. The minimum absolute atomic E-state index is 0.00425. The number of nitrogen functional groups attached to an aromatic ring is 1. The molecule has 0 aliphatic carbocycles. The summed E-state index contributed by atoms with van der Waals surface area (Å²) in [5.41, 5.74) is 6.30. The molecule has 2 aliphatic rings. The third kappa shape index (κ3) is 3.83. The number of amides is 2.